The summed E-state index contributed by atoms with van der Waals surface area (Å²) in [5.41, 5.74) is 1.06. The second kappa shape index (κ2) is 9.32. The van der Waals surface area contributed by atoms with Gasteiger partial charge in [0, 0.05) is 16.7 Å². The molecule has 0 aliphatic rings. The molecule has 0 bridgehead atoms. The Morgan fingerprint density at radius 2 is 1.73 bits per heavy atom. The van der Waals surface area contributed by atoms with Crippen LogP contribution in [0.4, 0.5) is 5.69 Å². The molecule has 1 N–H and O–H groups in total. The summed E-state index contributed by atoms with van der Waals surface area (Å²) in [5, 5.41) is 7.44. The Morgan fingerprint density at radius 3 is 2.43 bits per heavy atom. The number of ether oxygens (including phenoxy) is 3. The van der Waals surface area contributed by atoms with Crippen molar-refractivity contribution in [3.05, 3.63) is 63.9 Å². The lowest BCUT2D eigenvalue weighted by Crippen LogP contribution is -2.29. The minimum atomic E-state index is -0.458. The summed E-state index contributed by atoms with van der Waals surface area (Å²) >= 11 is 5.99. The van der Waals surface area contributed by atoms with Crippen LogP contribution >= 0.6 is 11.6 Å². The predicted molar refractivity (Wildman–Crippen MR) is 114 cm³/mol. The lowest BCUT2D eigenvalue weighted by atomic mass is 10.1. The second-order valence-corrected chi connectivity index (χ2v) is 6.61. The molecule has 3 rings (SSSR count). The molecule has 0 atom stereocenters. The lowest BCUT2D eigenvalue weighted by Gasteiger charge is -2.13. The first kappa shape index (κ1) is 21.2. The van der Waals surface area contributed by atoms with E-state index in [9.17, 15) is 9.59 Å². The quantitative estimate of drug-likeness (QED) is 0.620. The second-order valence-electron chi connectivity index (χ2n) is 6.17. The highest BCUT2D eigenvalue weighted by atomic mass is 35.5. The predicted octanol–water partition coefficient (Wildman–Crippen LogP) is 3.23. The van der Waals surface area contributed by atoms with Crippen molar-refractivity contribution in [3.8, 4) is 28.5 Å². The van der Waals surface area contributed by atoms with E-state index in [1.54, 1.807) is 49.6 Å². The minimum Gasteiger partial charge on any atom is -0.497 e. The first-order chi connectivity index (χ1) is 14.4. The van der Waals surface area contributed by atoms with Crippen LogP contribution in [0, 0.1) is 0 Å². The van der Waals surface area contributed by atoms with E-state index in [0.29, 0.717) is 39.2 Å². The van der Waals surface area contributed by atoms with Gasteiger partial charge < -0.3 is 19.5 Å². The highest BCUT2D eigenvalue weighted by Gasteiger charge is 2.14. The summed E-state index contributed by atoms with van der Waals surface area (Å²) < 4.78 is 16.9. The largest absolute Gasteiger partial charge is 0.497 e. The zero-order valence-corrected chi connectivity index (χ0v) is 17.4. The van der Waals surface area contributed by atoms with Crippen LogP contribution in [-0.2, 0) is 11.3 Å². The molecule has 3 aromatic rings. The van der Waals surface area contributed by atoms with E-state index in [1.165, 1.54) is 20.3 Å². The van der Waals surface area contributed by atoms with Crippen LogP contribution in [0.25, 0.3) is 11.3 Å². The van der Waals surface area contributed by atoms with Crippen molar-refractivity contribution in [2.24, 2.45) is 0 Å². The topological polar surface area (TPSA) is 91.7 Å². The summed E-state index contributed by atoms with van der Waals surface area (Å²) in [6.45, 7) is -0.297. The molecule has 8 nitrogen and oxygen atoms in total. The van der Waals surface area contributed by atoms with Gasteiger partial charge in [0.05, 0.1) is 32.7 Å². The summed E-state index contributed by atoms with van der Waals surface area (Å²) in [7, 11) is 4.57. The van der Waals surface area contributed by atoms with Gasteiger partial charge >= 0.3 is 0 Å². The number of hydrogen-bond donors (Lipinski definition) is 1. The molecular weight excluding hydrogens is 410 g/mol. The maximum atomic E-state index is 12.5. The highest BCUT2D eigenvalue weighted by Crippen LogP contribution is 2.32. The Hall–Kier alpha value is -3.52. The van der Waals surface area contributed by atoms with E-state index in [1.807, 2.05) is 0 Å². The summed E-state index contributed by atoms with van der Waals surface area (Å²) in [4.78, 5) is 24.8. The number of amides is 1. The monoisotopic (exact) mass is 429 g/mol. The SMILES string of the molecule is COc1ccc(OC)c(-c2ccc(=O)n(CC(=O)Nc3cc(Cl)ccc3OC)n2)c1. The molecule has 2 aromatic carbocycles. The summed E-state index contributed by atoms with van der Waals surface area (Å²) in [6.07, 6.45) is 0. The number of nitrogens with one attached hydrogen (secondary N) is 1. The number of hydrogen-bond acceptors (Lipinski definition) is 6. The molecule has 0 spiro atoms. The van der Waals surface area contributed by atoms with Crippen LogP contribution < -0.4 is 25.1 Å². The molecule has 0 radical (unpaired) electrons. The molecule has 1 aromatic heterocycles. The number of methoxy groups -OCH3 is 3. The molecule has 0 saturated carbocycles. The van der Waals surface area contributed by atoms with Gasteiger partial charge in [-0.1, -0.05) is 11.6 Å². The first-order valence-corrected chi connectivity index (χ1v) is 9.27. The third kappa shape index (κ3) is 4.72. The molecule has 0 fully saturated rings. The van der Waals surface area contributed by atoms with Crippen LogP contribution in [0.2, 0.25) is 5.02 Å². The maximum Gasteiger partial charge on any atom is 0.267 e. The van der Waals surface area contributed by atoms with Gasteiger partial charge in [-0.05, 0) is 42.5 Å². The molecule has 0 saturated heterocycles. The van der Waals surface area contributed by atoms with Gasteiger partial charge in [0.25, 0.3) is 5.56 Å². The summed E-state index contributed by atoms with van der Waals surface area (Å²) in [6, 6.07) is 13.0. The molecule has 0 aliphatic carbocycles. The Bertz CT molecular complexity index is 1130. The van der Waals surface area contributed by atoms with Gasteiger partial charge in [-0.2, -0.15) is 5.10 Å². The van der Waals surface area contributed by atoms with E-state index < -0.39 is 11.5 Å². The van der Waals surface area contributed by atoms with Gasteiger partial charge in [0.1, 0.15) is 23.8 Å². The van der Waals surface area contributed by atoms with Crippen molar-refractivity contribution in [1.82, 2.24) is 9.78 Å². The van der Waals surface area contributed by atoms with E-state index in [0.717, 1.165) is 4.68 Å². The van der Waals surface area contributed by atoms with E-state index >= 15 is 0 Å². The highest BCUT2D eigenvalue weighted by molar-refractivity contribution is 6.31. The number of rotatable bonds is 7. The normalized spacial score (nSPS) is 10.4. The molecule has 1 heterocycles. The fourth-order valence-electron chi connectivity index (χ4n) is 2.82. The van der Waals surface area contributed by atoms with Crippen LogP contribution in [0.1, 0.15) is 0 Å². The van der Waals surface area contributed by atoms with Crippen LogP contribution in [0.3, 0.4) is 0 Å². The Kier molecular flexibility index (Phi) is 6.58. The fraction of sp³-hybridized carbons (Fsp3) is 0.190. The molecule has 0 unspecified atom stereocenters. The van der Waals surface area contributed by atoms with Crippen LogP contribution in [0.15, 0.2) is 53.3 Å². The summed E-state index contributed by atoms with van der Waals surface area (Å²) in [5.74, 6) is 1.15. The lowest BCUT2D eigenvalue weighted by molar-refractivity contribution is -0.117. The number of carbonyl (C=O) groups is 1. The first-order valence-electron chi connectivity index (χ1n) is 8.89. The maximum absolute atomic E-state index is 12.5. The number of benzene rings is 2. The van der Waals surface area contributed by atoms with E-state index in [-0.39, 0.29) is 6.54 Å². The van der Waals surface area contributed by atoms with Gasteiger partial charge in [0.15, 0.2) is 0 Å². The molecule has 0 aliphatic heterocycles. The number of anilines is 1. The molecule has 9 heteroatoms. The van der Waals surface area contributed by atoms with Crippen molar-refractivity contribution >= 4 is 23.2 Å². The van der Waals surface area contributed by atoms with Crippen molar-refractivity contribution < 1.29 is 19.0 Å². The zero-order chi connectivity index (χ0) is 21.7. The average Bonchev–Trinajstić information content (AvgIpc) is 2.75. The van der Waals surface area contributed by atoms with E-state index in [4.69, 9.17) is 25.8 Å². The number of nitrogens with zero attached hydrogens (tertiary/aromatic N) is 2. The number of carbonyl (C=O) groups excluding carboxylic acids is 1. The Balaban J connectivity index is 1.89. The standard InChI is InChI=1S/C21H20ClN3O5/c1-28-14-5-8-18(29-2)15(11-14)16-6-9-21(27)25(24-16)12-20(26)23-17-10-13(22)4-7-19(17)30-3/h4-11H,12H2,1-3H3,(H,23,26). The van der Waals surface area contributed by atoms with Gasteiger partial charge in [-0.25, -0.2) is 4.68 Å². The Morgan fingerprint density at radius 1 is 1.00 bits per heavy atom. The van der Waals surface area contributed by atoms with E-state index in [2.05, 4.69) is 10.4 Å². The van der Waals surface area contributed by atoms with Crippen LogP contribution in [0.5, 0.6) is 17.2 Å². The van der Waals surface area contributed by atoms with Gasteiger partial charge in [0.2, 0.25) is 5.91 Å². The van der Waals surface area contributed by atoms with Crippen molar-refractivity contribution in [2.45, 2.75) is 6.54 Å². The third-order valence-electron chi connectivity index (χ3n) is 4.28. The van der Waals surface area contributed by atoms with Gasteiger partial charge in [-0.3, -0.25) is 9.59 Å². The van der Waals surface area contributed by atoms with Crippen molar-refractivity contribution in [3.63, 3.8) is 0 Å². The van der Waals surface area contributed by atoms with Crippen molar-refractivity contribution in [2.75, 3.05) is 26.6 Å². The van der Waals surface area contributed by atoms with Gasteiger partial charge in [-0.15, -0.1) is 0 Å². The minimum absolute atomic E-state index is 0.297. The molecule has 30 heavy (non-hydrogen) atoms. The number of halogens is 1. The molecule has 156 valence electrons. The zero-order valence-electron chi connectivity index (χ0n) is 16.6. The van der Waals surface area contributed by atoms with Crippen molar-refractivity contribution in [1.29, 1.82) is 0 Å². The average molecular weight is 430 g/mol. The van der Waals surface area contributed by atoms with Crippen LogP contribution in [-0.4, -0.2) is 37.0 Å². The molecule has 1 amide bonds. The Labute approximate surface area is 178 Å². The number of aromatic nitrogens is 2. The fourth-order valence-corrected chi connectivity index (χ4v) is 3.00. The third-order valence-corrected chi connectivity index (χ3v) is 4.51. The molecular formula is C21H20ClN3O5. The smallest absolute Gasteiger partial charge is 0.267 e.